The molecule has 1 aliphatic carbocycles. The number of hydrogen-bond donors (Lipinski definition) is 1. The molecule has 5 heteroatoms. The fraction of sp³-hybridized carbons (Fsp3) is 0.214. The first kappa shape index (κ1) is 12.3. The smallest absolute Gasteiger partial charge is 0.345 e. The number of aryl methyl sites for hydroxylation is 2. The summed E-state index contributed by atoms with van der Waals surface area (Å²) < 4.78 is 28.1. The molecule has 0 radical (unpaired) electrons. The second kappa shape index (κ2) is 4.13. The van der Waals surface area contributed by atoms with Crippen LogP contribution in [0, 0.1) is 18.6 Å². The molecule has 0 amide bonds. The van der Waals surface area contributed by atoms with Crippen molar-refractivity contribution in [1.29, 1.82) is 0 Å². The van der Waals surface area contributed by atoms with Crippen LogP contribution in [-0.2, 0) is 12.8 Å². The molecule has 0 bridgehead atoms. The summed E-state index contributed by atoms with van der Waals surface area (Å²) in [5.41, 5.74) is 1.64. The lowest BCUT2D eigenvalue weighted by molar-refractivity contribution is 0.0702. The van der Waals surface area contributed by atoms with Gasteiger partial charge in [-0.2, -0.15) is 0 Å². The van der Waals surface area contributed by atoms with E-state index in [0.29, 0.717) is 23.3 Å². The van der Waals surface area contributed by atoms with E-state index in [0.717, 1.165) is 16.9 Å². The van der Waals surface area contributed by atoms with Gasteiger partial charge in [0.05, 0.1) is 0 Å². The molecule has 0 fully saturated rings. The monoisotopic (exact) mass is 280 g/mol. The van der Waals surface area contributed by atoms with Crippen molar-refractivity contribution in [2.75, 3.05) is 0 Å². The molecule has 3 rings (SSSR count). The van der Waals surface area contributed by atoms with Crippen LogP contribution >= 0.6 is 11.3 Å². The minimum Gasteiger partial charge on any atom is -0.477 e. The number of rotatable bonds is 1. The van der Waals surface area contributed by atoms with Crippen molar-refractivity contribution in [3.63, 3.8) is 0 Å². The van der Waals surface area contributed by atoms with E-state index in [2.05, 4.69) is 0 Å². The SMILES string of the molecule is Cc1cc(F)c2c(c1F)-c1sc(C(=O)O)cc1CC2. The van der Waals surface area contributed by atoms with Gasteiger partial charge in [-0.15, -0.1) is 11.3 Å². The molecule has 2 nitrogen and oxygen atoms in total. The maximum absolute atomic E-state index is 14.2. The lowest BCUT2D eigenvalue weighted by atomic mass is 9.89. The van der Waals surface area contributed by atoms with Crippen molar-refractivity contribution < 1.29 is 18.7 Å². The Morgan fingerprint density at radius 2 is 2.05 bits per heavy atom. The molecular weight excluding hydrogens is 270 g/mol. The molecule has 2 aromatic rings. The third-order valence-electron chi connectivity index (χ3n) is 3.39. The number of thiophene rings is 1. The zero-order valence-corrected chi connectivity index (χ0v) is 10.9. The van der Waals surface area contributed by atoms with Crippen LogP contribution in [0.3, 0.4) is 0 Å². The van der Waals surface area contributed by atoms with Crippen LogP contribution in [0.25, 0.3) is 10.4 Å². The third-order valence-corrected chi connectivity index (χ3v) is 4.57. The van der Waals surface area contributed by atoms with Crippen LogP contribution < -0.4 is 0 Å². The lowest BCUT2D eigenvalue weighted by Crippen LogP contribution is -2.07. The normalized spacial score (nSPS) is 13.0. The average molecular weight is 280 g/mol. The maximum atomic E-state index is 14.2. The van der Waals surface area contributed by atoms with E-state index in [4.69, 9.17) is 5.11 Å². The van der Waals surface area contributed by atoms with Gasteiger partial charge in [-0.25, -0.2) is 13.6 Å². The van der Waals surface area contributed by atoms with Crippen LogP contribution in [0.15, 0.2) is 12.1 Å². The van der Waals surface area contributed by atoms with Gasteiger partial charge >= 0.3 is 5.97 Å². The molecule has 0 spiro atoms. The van der Waals surface area contributed by atoms with Gasteiger partial charge in [0, 0.05) is 10.4 Å². The minimum atomic E-state index is -1.03. The summed E-state index contributed by atoms with van der Waals surface area (Å²) in [5.74, 6) is -1.89. The van der Waals surface area contributed by atoms with Crippen molar-refractivity contribution in [2.24, 2.45) is 0 Å². The Labute approximate surface area is 112 Å². The summed E-state index contributed by atoms with van der Waals surface area (Å²) in [4.78, 5) is 11.7. The third kappa shape index (κ3) is 1.76. The molecular formula is C14H10F2O2S. The number of benzene rings is 1. The summed E-state index contributed by atoms with van der Waals surface area (Å²) in [6.45, 7) is 1.51. The molecule has 0 unspecified atom stereocenters. The summed E-state index contributed by atoms with van der Waals surface area (Å²) in [6, 6.07) is 2.76. The Hall–Kier alpha value is -1.75. The number of carbonyl (C=O) groups is 1. The van der Waals surface area contributed by atoms with E-state index in [1.54, 1.807) is 6.07 Å². The molecule has 19 heavy (non-hydrogen) atoms. The standard InChI is InChI=1S/C14H10F2O2S/c1-6-4-9(15)8-3-2-7-5-10(14(17)18)19-13(7)11(8)12(6)16/h4-5H,2-3H2,1H3,(H,17,18). The van der Waals surface area contributed by atoms with Gasteiger partial charge in [0.2, 0.25) is 0 Å². The van der Waals surface area contributed by atoms with Crippen molar-refractivity contribution in [3.8, 4) is 10.4 Å². The summed E-state index contributed by atoms with van der Waals surface area (Å²) in [6.07, 6.45) is 0.951. The van der Waals surface area contributed by atoms with Crippen molar-refractivity contribution in [3.05, 3.63) is 45.3 Å². The predicted octanol–water partition coefficient (Wildman–Crippen LogP) is 3.80. The van der Waals surface area contributed by atoms with E-state index in [1.807, 2.05) is 0 Å². The van der Waals surface area contributed by atoms with Gasteiger partial charge in [0.1, 0.15) is 16.5 Å². The molecule has 1 aromatic heterocycles. The first-order valence-electron chi connectivity index (χ1n) is 5.83. The highest BCUT2D eigenvalue weighted by atomic mass is 32.1. The lowest BCUT2D eigenvalue weighted by Gasteiger charge is -2.18. The highest BCUT2D eigenvalue weighted by Gasteiger charge is 2.27. The first-order valence-corrected chi connectivity index (χ1v) is 6.64. The topological polar surface area (TPSA) is 37.3 Å². The van der Waals surface area contributed by atoms with E-state index in [9.17, 15) is 13.6 Å². The van der Waals surface area contributed by atoms with Crippen LogP contribution in [-0.4, -0.2) is 11.1 Å². The van der Waals surface area contributed by atoms with Crippen LogP contribution in [0.2, 0.25) is 0 Å². The Kier molecular flexibility index (Phi) is 2.67. The second-order valence-electron chi connectivity index (χ2n) is 4.61. The predicted molar refractivity (Wildman–Crippen MR) is 68.8 cm³/mol. The zero-order chi connectivity index (χ0) is 13.7. The number of carboxylic acids is 1. The summed E-state index contributed by atoms with van der Waals surface area (Å²) >= 11 is 1.01. The molecule has 1 aliphatic rings. The van der Waals surface area contributed by atoms with Crippen LogP contribution in [0.4, 0.5) is 8.78 Å². The molecule has 98 valence electrons. The molecule has 0 aliphatic heterocycles. The van der Waals surface area contributed by atoms with Gasteiger partial charge in [0.15, 0.2) is 0 Å². The van der Waals surface area contributed by atoms with Crippen molar-refractivity contribution in [2.45, 2.75) is 19.8 Å². The van der Waals surface area contributed by atoms with E-state index >= 15 is 0 Å². The largest absolute Gasteiger partial charge is 0.477 e. The minimum absolute atomic E-state index is 0.166. The fourth-order valence-electron chi connectivity index (χ4n) is 2.46. The van der Waals surface area contributed by atoms with Gasteiger partial charge in [-0.3, -0.25) is 0 Å². The van der Waals surface area contributed by atoms with Crippen LogP contribution in [0.1, 0.15) is 26.4 Å². The quantitative estimate of drug-likeness (QED) is 0.862. The number of halogens is 2. The van der Waals surface area contributed by atoms with E-state index in [-0.39, 0.29) is 16.0 Å². The molecule has 0 atom stereocenters. The van der Waals surface area contributed by atoms with Crippen molar-refractivity contribution in [1.82, 2.24) is 0 Å². The zero-order valence-electron chi connectivity index (χ0n) is 10.1. The van der Waals surface area contributed by atoms with E-state index in [1.165, 1.54) is 13.0 Å². The summed E-state index contributed by atoms with van der Waals surface area (Å²) in [5, 5.41) is 9.00. The molecule has 1 aromatic carbocycles. The Bertz CT molecular complexity index is 704. The number of hydrogen-bond acceptors (Lipinski definition) is 2. The highest BCUT2D eigenvalue weighted by molar-refractivity contribution is 7.17. The fourth-order valence-corrected chi connectivity index (χ4v) is 3.58. The molecule has 0 saturated heterocycles. The van der Waals surface area contributed by atoms with Gasteiger partial charge in [-0.05, 0) is 48.6 Å². The van der Waals surface area contributed by atoms with Crippen molar-refractivity contribution >= 4 is 17.3 Å². The highest BCUT2D eigenvalue weighted by Crippen LogP contribution is 2.42. The molecule has 1 heterocycles. The van der Waals surface area contributed by atoms with Gasteiger partial charge in [0.25, 0.3) is 0 Å². The Morgan fingerprint density at radius 1 is 1.32 bits per heavy atom. The average Bonchev–Trinajstić information content (AvgIpc) is 2.79. The first-order chi connectivity index (χ1) is 8.99. The maximum Gasteiger partial charge on any atom is 0.345 e. The van der Waals surface area contributed by atoms with Gasteiger partial charge < -0.3 is 5.11 Å². The van der Waals surface area contributed by atoms with Crippen LogP contribution in [0.5, 0.6) is 0 Å². The Balaban J connectivity index is 2.31. The number of fused-ring (bicyclic) bond motifs is 3. The number of carboxylic acid groups (broad SMARTS) is 1. The number of aromatic carboxylic acids is 1. The molecule has 0 saturated carbocycles. The second-order valence-corrected chi connectivity index (χ2v) is 5.67. The molecule has 1 N–H and O–H groups in total. The van der Waals surface area contributed by atoms with E-state index < -0.39 is 17.6 Å². The Morgan fingerprint density at radius 3 is 2.74 bits per heavy atom. The summed E-state index contributed by atoms with van der Waals surface area (Å²) in [7, 11) is 0. The van der Waals surface area contributed by atoms with Gasteiger partial charge in [-0.1, -0.05) is 0 Å².